The summed E-state index contributed by atoms with van der Waals surface area (Å²) in [7, 11) is 0. The Morgan fingerprint density at radius 1 is 1.08 bits per heavy atom. The highest BCUT2D eigenvalue weighted by molar-refractivity contribution is 6.01. The summed E-state index contributed by atoms with van der Waals surface area (Å²) in [5.74, 6) is 0.717. The van der Waals surface area contributed by atoms with E-state index >= 15 is 0 Å². The summed E-state index contributed by atoms with van der Waals surface area (Å²) >= 11 is 0. The molecule has 1 unspecified atom stereocenters. The zero-order valence-corrected chi connectivity index (χ0v) is 13.3. The van der Waals surface area contributed by atoms with Gasteiger partial charge in [0.25, 0.3) is 5.69 Å². The van der Waals surface area contributed by atoms with Gasteiger partial charge in [-0.05, 0) is 23.8 Å². The lowest BCUT2D eigenvalue weighted by Crippen LogP contribution is -2.18. The van der Waals surface area contributed by atoms with E-state index in [0.717, 1.165) is 11.3 Å². The Morgan fingerprint density at radius 2 is 1.92 bits per heavy atom. The molecule has 0 spiro atoms. The summed E-state index contributed by atoms with van der Waals surface area (Å²) in [5.41, 5.74) is 2.65. The second kappa shape index (κ2) is 6.24. The van der Waals surface area contributed by atoms with Gasteiger partial charge in [0, 0.05) is 18.6 Å². The third-order valence-corrected chi connectivity index (χ3v) is 4.21. The summed E-state index contributed by atoms with van der Waals surface area (Å²) in [5, 5.41) is 17.6. The molecule has 3 aromatic rings. The van der Waals surface area contributed by atoms with E-state index in [2.05, 4.69) is 0 Å². The molecular formula is C19H15N3O3. The largest absolute Gasteiger partial charge is 0.463 e. The van der Waals surface area contributed by atoms with E-state index in [4.69, 9.17) is 9.52 Å². The minimum absolute atomic E-state index is 0.0386. The van der Waals surface area contributed by atoms with Crippen molar-refractivity contribution in [1.82, 2.24) is 0 Å². The maximum Gasteiger partial charge on any atom is 0.271 e. The molecule has 1 aliphatic heterocycles. The average molecular weight is 333 g/mol. The molecule has 1 atom stereocenters. The quantitative estimate of drug-likeness (QED) is 0.519. The summed E-state index contributed by atoms with van der Waals surface area (Å²) in [6.45, 7) is 0. The minimum Gasteiger partial charge on any atom is -0.463 e. The Morgan fingerprint density at radius 3 is 2.64 bits per heavy atom. The van der Waals surface area contributed by atoms with E-state index in [1.165, 1.54) is 6.07 Å². The fourth-order valence-corrected chi connectivity index (χ4v) is 3.02. The van der Waals surface area contributed by atoms with E-state index < -0.39 is 4.92 Å². The molecule has 0 bridgehead atoms. The van der Waals surface area contributed by atoms with Gasteiger partial charge in [-0.3, -0.25) is 15.1 Å². The van der Waals surface area contributed by atoms with Gasteiger partial charge < -0.3 is 4.42 Å². The maximum atomic E-state index is 11.1. The van der Waals surface area contributed by atoms with Crippen molar-refractivity contribution < 1.29 is 9.34 Å². The van der Waals surface area contributed by atoms with Crippen LogP contribution in [0.1, 0.15) is 23.8 Å². The predicted molar refractivity (Wildman–Crippen MR) is 94.6 cm³/mol. The Hall–Kier alpha value is -3.41. The number of nitro benzene ring substituents is 1. The lowest BCUT2D eigenvalue weighted by molar-refractivity contribution is -0.384. The van der Waals surface area contributed by atoms with Crippen LogP contribution in [0, 0.1) is 10.1 Å². The molecule has 4 rings (SSSR count). The maximum absolute atomic E-state index is 11.1. The highest BCUT2D eigenvalue weighted by atomic mass is 16.6. The van der Waals surface area contributed by atoms with Crippen LogP contribution in [0.15, 0.2) is 82.5 Å². The number of furan rings is 1. The smallest absolute Gasteiger partial charge is 0.271 e. The summed E-state index contributed by atoms with van der Waals surface area (Å²) in [6, 6.07) is 20.2. The Labute approximate surface area is 144 Å². The molecule has 6 heteroatoms. The SMILES string of the molecule is O=[N+]([O-])c1cccc(N2N=C(c3ccco3)CC2c2ccccc2)c1. The first-order valence-corrected chi connectivity index (χ1v) is 7.92. The van der Waals surface area contributed by atoms with Crippen molar-refractivity contribution in [2.45, 2.75) is 12.5 Å². The first-order chi connectivity index (χ1) is 12.2. The summed E-state index contributed by atoms with van der Waals surface area (Å²) in [4.78, 5) is 10.7. The fraction of sp³-hybridized carbons (Fsp3) is 0.105. The average Bonchev–Trinajstić information content (AvgIpc) is 3.32. The first kappa shape index (κ1) is 15.1. The van der Waals surface area contributed by atoms with Crippen molar-refractivity contribution in [2.75, 3.05) is 5.01 Å². The molecule has 25 heavy (non-hydrogen) atoms. The van der Waals surface area contributed by atoms with Crippen LogP contribution in [0.2, 0.25) is 0 Å². The number of anilines is 1. The van der Waals surface area contributed by atoms with Crippen LogP contribution < -0.4 is 5.01 Å². The second-order valence-electron chi connectivity index (χ2n) is 5.78. The molecule has 0 amide bonds. The lowest BCUT2D eigenvalue weighted by atomic mass is 10.0. The molecule has 6 nitrogen and oxygen atoms in total. The van der Waals surface area contributed by atoms with Gasteiger partial charge in [-0.15, -0.1) is 0 Å². The number of hydrogen-bond acceptors (Lipinski definition) is 5. The van der Waals surface area contributed by atoms with Gasteiger partial charge in [-0.2, -0.15) is 5.10 Å². The molecule has 2 heterocycles. The van der Waals surface area contributed by atoms with Crippen molar-refractivity contribution in [1.29, 1.82) is 0 Å². The van der Waals surface area contributed by atoms with Gasteiger partial charge in [0.2, 0.25) is 0 Å². The van der Waals surface area contributed by atoms with Crippen LogP contribution in [0.4, 0.5) is 11.4 Å². The Kier molecular flexibility index (Phi) is 3.78. The Bertz CT molecular complexity index is 920. The monoisotopic (exact) mass is 333 g/mol. The third kappa shape index (κ3) is 2.89. The number of nitro groups is 1. The van der Waals surface area contributed by atoms with E-state index in [9.17, 15) is 10.1 Å². The normalized spacial score (nSPS) is 16.7. The van der Waals surface area contributed by atoms with Crippen molar-refractivity contribution in [3.8, 4) is 0 Å². The van der Waals surface area contributed by atoms with Gasteiger partial charge in [-0.1, -0.05) is 36.4 Å². The highest BCUT2D eigenvalue weighted by Crippen LogP contribution is 2.37. The fourth-order valence-electron chi connectivity index (χ4n) is 3.02. The number of hydrazone groups is 1. The molecule has 1 aromatic heterocycles. The van der Waals surface area contributed by atoms with Crippen LogP contribution in [0.5, 0.6) is 0 Å². The lowest BCUT2D eigenvalue weighted by Gasteiger charge is -2.23. The molecule has 0 N–H and O–H groups in total. The third-order valence-electron chi connectivity index (χ3n) is 4.21. The zero-order valence-electron chi connectivity index (χ0n) is 13.3. The molecule has 0 radical (unpaired) electrons. The van der Waals surface area contributed by atoms with Gasteiger partial charge in [0.1, 0.15) is 11.5 Å². The molecule has 2 aromatic carbocycles. The number of rotatable bonds is 4. The van der Waals surface area contributed by atoms with E-state index in [1.54, 1.807) is 18.4 Å². The molecule has 0 saturated carbocycles. The van der Waals surface area contributed by atoms with Crippen molar-refractivity contribution in [2.24, 2.45) is 5.10 Å². The van der Waals surface area contributed by atoms with E-state index in [1.807, 2.05) is 53.5 Å². The second-order valence-corrected chi connectivity index (χ2v) is 5.78. The number of hydrogen-bond donors (Lipinski definition) is 0. The predicted octanol–water partition coefficient (Wildman–Crippen LogP) is 4.54. The van der Waals surface area contributed by atoms with E-state index in [0.29, 0.717) is 17.9 Å². The van der Waals surface area contributed by atoms with Gasteiger partial charge in [-0.25, -0.2) is 0 Å². The van der Waals surface area contributed by atoms with Crippen LogP contribution in [-0.4, -0.2) is 10.6 Å². The van der Waals surface area contributed by atoms with Crippen molar-refractivity contribution in [3.63, 3.8) is 0 Å². The van der Waals surface area contributed by atoms with E-state index in [-0.39, 0.29) is 11.7 Å². The highest BCUT2D eigenvalue weighted by Gasteiger charge is 2.31. The first-order valence-electron chi connectivity index (χ1n) is 7.92. The number of benzene rings is 2. The summed E-state index contributed by atoms with van der Waals surface area (Å²) < 4.78 is 5.48. The standard InChI is InChI=1S/C19H15N3O3/c23-22(24)16-9-4-8-15(12-16)21-18(14-6-2-1-3-7-14)13-17(20-21)19-10-5-11-25-19/h1-12,18H,13H2. The van der Waals surface area contributed by atoms with Gasteiger partial charge in [0.05, 0.1) is 22.9 Å². The van der Waals surface area contributed by atoms with Gasteiger partial charge in [0.15, 0.2) is 0 Å². The van der Waals surface area contributed by atoms with Crippen LogP contribution in [-0.2, 0) is 0 Å². The van der Waals surface area contributed by atoms with Crippen LogP contribution in [0.25, 0.3) is 0 Å². The topological polar surface area (TPSA) is 71.9 Å². The number of non-ortho nitro benzene ring substituents is 1. The van der Waals surface area contributed by atoms with Gasteiger partial charge >= 0.3 is 0 Å². The minimum atomic E-state index is -0.395. The van der Waals surface area contributed by atoms with Crippen LogP contribution in [0.3, 0.4) is 0 Å². The van der Waals surface area contributed by atoms with Crippen molar-refractivity contribution in [3.05, 3.63) is 94.4 Å². The molecule has 0 aliphatic carbocycles. The zero-order chi connectivity index (χ0) is 17.2. The molecular weight excluding hydrogens is 318 g/mol. The van der Waals surface area contributed by atoms with Crippen LogP contribution >= 0.6 is 0 Å². The molecule has 1 aliphatic rings. The summed E-state index contributed by atoms with van der Waals surface area (Å²) in [6.07, 6.45) is 2.28. The molecule has 0 saturated heterocycles. The molecule has 124 valence electrons. The Balaban J connectivity index is 1.77. The number of nitrogens with zero attached hydrogens (tertiary/aromatic N) is 3. The van der Waals surface area contributed by atoms with Crippen molar-refractivity contribution >= 4 is 17.1 Å². The molecule has 0 fully saturated rings.